The third-order valence-corrected chi connectivity index (χ3v) is 0.922. The molecule has 2 N–H and O–H groups in total. The van der Waals surface area contributed by atoms with Gasteiger partial charge in [-0.3, -0.25) is 0 Å². The number of nitroso groups, excluding NO2 is 1. The van der Waals surface area contributed by atoms with Gasteiger partial charge in [-0.1, -0.05) is 0 Å². The highest BCUT2D eigenvalue weighted by molar-refractivity contribution is 5.71. The zero-order chi connectivity index (χ0) is 7.28. The van der Waals surface area contributed by atoms with E-state index in [1.54, 1.807) is 6.92 Å². The standard InChI is InChI=1S/C4H9N3O2/c1-2-7(3-6-9)4(5)8/h2-3H2,1H3,(H2,5,8). The maximum atomic E-state index is 10.3. The van der Waals surface area contributed by atoms with Crippen LogP contribution in [0.5, 0.6) is 0 Å². The van der Waals surface area contributed by atoms with Crippen LogP contribution in [0.4, 0.5) is 4.79 Å². The van der Waals surface area contributed by atoms with Crippen LogP contribution in [0.15, 0.2) is 5.18 Å². The van der Waals surface area contributed by atoms with Crippen LogP contribution in [0, 0.1) is 4.91 Å². The molecule has 9 heavy (non-hydrogen) atoms. The summed E-state index contributed by atoms with van der Waals surface area (Å²) >= 11 is 0. The highest BCUT2D eigenvalue weighted by Gasteiger charge is 2.03. The van der Waals surface area contributed by atoms with Gasteiger partial charge in [0.1, 0.15) is 0 Å². The van der Waals surface area contributed by atoms with Crippen molar-refractivity contribution in [1.82, 2.24) is 4.90 Å². The number of urea groups is 1. The van der Waals surface area contributed by atoms with Crippen LogP contribution in [-0.2, 0) is 0 Å². The summed E-state index contributed by atoms with van der Waals surface area (Å²) in [4.78, 5) is 21.0. The van der Waals surface area contributed by atoms with Gasteiger partial charge < -0.3 is 10.6 Å². The van der Waals surface area contributed by atoms with Gasteiger partial charge in [0.15, 0.2) is 6.67 Å². The van der Waals surface area contributed by atoms with E-state index in [1.807, 2.05) is 0 Å². The van der Waals surface area contributed by atoms with Crippen molar-refractivity contribution in [1.29, 1.82) is 0 Å². The van der Waals surface area contributed by atoms with Crippen LogP contribution in [0.1, 0.15) is 6.92 Å². The van der Waals surface area contributed by atoms with Gasteiger partial charge in [-0.05, 0) is 12.1 Å². The predicted octanol–water partition coefficient (Wildman–Crippen LogP) is 0.111. The average Bonchev–Trinajstić information content (AvgIpc) is 1.82. The third-order valence-electron chi connectivity index (χ3n) is 0.922. The summed E-state index contributed by atoms with van der Waals surface area (Å²) in [6, 6.07) is -0.614. The minimum Gasteiger partial charge on any atom is -0.351 e. The lowest BCUT2D eigenvalue weighted by Gasteiger charge is -2.11. The summed E-state index contributed by atoms with van der Waals surface area (Å²) in [5.41, 5.74) is 4.82. The number of hydrogen-bond acceptors (Lipinski definition) is 3. The van der Waals surface area contributed by atoms with Gasteiger partial charge in [0.2, 0.25) is 0 Å². The van der Waals surface area contributed by atoms with E-state index in [0.29, 0.717) is 6.54 Å². The molecule has 0 saturated heterocycles. The minimum atomic E-state index is -0.614. The summed E-state index contributed by atoms with van der Waals surface area (Å²) in [6.45, 7) is 1.98. The number of carbonyl (C=O) groups is 1. The number of amides is 2. The van der Waals surface area contributed by atoms with Gasteiger partial charge in [0, 0.05) is 6.54 Å². The molecule has 0 aromatic rings. The summed E-state index contributed by atoms with van der Waals surface area (Å²) in [5, 5.41) is 2.50. The van der Waals surface area contributed by atoms with E-state index in [-0.39, 0.29) is 6.67 Å². The van der Waals surface area contributed by atoms with Crippen molar-refractivity contribution in [3.05, 3.63) is 4.91 Å². The second kappa shape index (κ2) is 3.82. The van der Waals surface area contributed by atoms with Crippen molar-refractivity contribution in [3.63, 3.8) is 0 Å². The van der Waals surface area contributed by atoms with Crippen molar-refractivity contribution in [2.45, 2.75) is 6.92 Å². The first-order valence-corrected chi connectivity index (χ1v) is 2.55. The van der Waals surface area contributed by atoms with Gasteiger partial charge in [-0.2, -0.15) is 0 Å². The average molecular weight is 131 g/mol. The predicted molar refractivity (Wildman–Crippen MR) is 32.6 cm³/mol. The zero-order valence-corrected chi connectivity index (χ0v) is 5.20. The molecule has 0 aliphatic rings. The summed E-state index contributed by atoms with van der Waals surface area (Å²) in [7, 11) is 0. The highest BCUT2D eigenvalue weighted by atomic mass is 16.3. The van der Waals surface area contributed by atoms with Crippen molar-refractivity contribution < 1.29 is 4.79 Å². The Bertz CT molecular complexity index is 114. The number of nitrogens with zero attached hydrogens (tertiary/aromatic N) is 2. The normalized spacial score (nSPS) is 8.56. The van der Waals surface area contributed by atoms with Crippen LogP contribution in [-0.4, -0.2) is 24.1 Å². The van der Waals surface area contributed by atoms with Crippen molar-refractivity contribution in [2.75, 3.05) is 13.2 Å². The monoisotopic (exact) mass is 131 g/mol. The van der Waals surface area contributed by atoms with Crippen LogP contribution in [0.3, 0.4) is 0 Å². The maximum Gasteiger partial charge on any atom is 0.316 e. The van der Waals surface area contributed by atoms with Gasteiger partial charge in [0.05, 0.1) is 0 Å². The van der Waals surface area contributed by atoms with Gasteiger partial charge >= 0.3 is 6.03 Å². The molecule has 0 rings (SSSR count). The maximum absolute atomic E-state index is 10.3. The quantitative estimate of drug-likeness (QED) is 0.552. The number of primary amides is 1. The molecule has 0 aromatic heterocycles. The summed E-state index contributed by atoms with van der Waals surface area (Å²) in [5.74, 6) is 0. The second-order valence-corrected chi connectivity index (χ2v) is 1.46. The molecule has 0 aliphatic carbocycles. The Kier molecular flexibility index (Phi) is 3.34. The number of hydrogen-bond donors (Lipinski definition) is 1. The number of nitrogens with two attached hydrogens (primary N) is 1. The molecule has 5 nitrogen and oxygen atoms in total. The summed E-state index contributed by atoms with van der Waals surface area (Å²) < 4.78 is 0. The molecule has 0 heterocycles. The smallest absolute Gasteiger partial charge is 0.316 e. The fourth-order valence-electron chi connectivity index (χ4n) is 0.395. The first-order valence-electron chi connectivity index (χ1n) is 2.55. The lowest BCUT2D eigenvalue weighted by atomic mass is 10.6. The van der Waals surface area contributed by atoms with Crippen LogP contribution in [0.25, 0.3) is 0 Å². The van der Waals surface area contributed by atoms with Gasteiger partial charge in [-0.15, -0.1) is 4.91 Å². The Morgan fingerprint density at radius 1 is 1.78 bits per heavy atom. The highest BCUT2D eigenvalue weighted by Crippen LogP contribution is 1.84. The Morgan fingerprint density at radius 2 is 2.33 bits per heavy atom. The molecule has 2 amide bonds. The molecule has 0 radical (unpaired) electrons. The lowest BCUT2D eigenvalue weighted by Crippen LogP contribution is -2.35. The first kappa shape index (κ1) is 7.87. The molecule has 0 saturated carbocycles. The van der Waals surface area contributed by atoms with E-state index in [9.17, 15) is 9.70 Å². The number of rotatable bonds is 3. The zero-order valence-electron chi connectivity index (χ0n) is 5.20. The number of carbonyl (C=O) groups excluding carboxylic acids is 1. The van der Waals surface area contributed by atoms with Crippen LogP contribution < -0.4 is 5.73 Å². The first-order chi connectivity index (χ1) is 4.22. The Labute approximate surface area is 52.8 Å². The molecule has 0 bridgehead atoms. The Morgan fingerprint density at radius 3 is 2.44 bits per heavy atom. The second-order valence-electron chi connectivity index (χ2n) is 1.46. The molecular weight excluding hydrogens is 122 g/mol. The fourth-order valence-corrected chi connectivity index (χ4v) is 0.395. The molecule has 0 fully saturated rings. The van der Waals surface area contributed by atoms with Crippen molar-refractivity contribution >= 4 is 6.03 Å². The van der Waals surface area contributed by atoms with E-state index in [2.05, 4.69) is 5.18 Å². The Hall–Kier alpha value is -1.13. The van der Waals surface area contributed by atoms with E-state index in [0.717, 1.165) is 4.90 Å². The van der Waals surface area contributed by atoms with Crippen LogP contribution >= 0.6 is 0 Å². The van der Waals surface area contributed by atoms with Crippen molar-refractivity contribution in [3.8, 4) is 0 Å². The molecule has 0 aliphatic heterocycles. The van der Waals surface area contributed by atoms with E-state index < -0.39 is 6.03 Å². The fraction of sp³-hybridized carbons (Fsp3) is 0.750. The topological polar surface area (TPSA) is 75.8 Å². The molecule has 0 atom stereocenters. The lowest BCUT2D eigenvalue weighted by molar-refractivity contribution is 0.212. The van der Waals surface area contributed by atoms with E-state index >= 15 is 0 Å². The third kappa shape index (κ3) is 2.63. The molecule has 52 valence electrons. The van der Waals surface area contributed by atoms with E-state index in [1.165, 1.54) is 0 Å². The van der Waals surface area contributed by atoms with E-state index in [4.69, 9.17) is 5.73 Å². The molecular formula is C4H9N3O2. The van der Waals surface area contributed by atoms with Gasteiger partial charge in [0.25, 0.3) is 0 Å². The molecule has 0 spiro atoms. The largest absolute Gasteiger partial charge is 0.351 e. The van der Waals surface area contributed by atoms with Crippen molar-refractivity contribution in [2.24, 2.45) is 10.9 Å². The van der Waals surface area contributed by atoms with Gasteiger partial charge in [-0.25, -0.2) is 4.79 Å². The Balaban J connectivity index is 3.67. The minimum absolute atomic E-state index is 0.161. The summed E-state index contributed by atoms with van der Waals surface area (Å²) in [6.07, 6.45) is 0. The SMILES string of the molecule is CCN(CN=O)C(N)=O. The molecule has 0 unspecified atom stereocenters. The van der Waals surface area contributed by atoms with Crippen LogP contribution in [0.2, 0.25) is 0 Å². The molecule has 5 heteroatoms. The molecule has 0 aromatic carbocycles.